The van der Waals surface area contributed by atoms with Crippen LogP contribution in [0.5, 0.6) is 0 Å². The molecule has 1 fully saturated rings. The van der Waals surface area contributed by atoms with Gasteiger partial charge in [0.2, 0.25) is 0 Å². The molecule has 1 heterocycles. The third kappa shape index (κ3) is 2.80. The maximum Gasteiger partial charge on any atom is 0.357 e. The van der Waals surface area contributed by atoms with E-state index in [2.05, 4.69) is 0 Å². The lowest BCUT2D eigenvalue weighted by molar-refractivity contribution is 0.0725. The number of likely N-dealkylation sites (tertiary alicyclic amines) is 1. The van der Waals surface area contributed by atoms with Crippen molar-refractivity contribution in [1.82, 2.24) is 4.90 Å². The van der Waals surface area contributed by atoms with Crippen LogP contribution < -0.4 is 5.30 Å². The Labute approximate surface area is 106 Å². The lowest BCUT2D eigenvalue weighted by Crippen LogP contribution is -2.37. The average molecular weight is 269 g/mol. The summed E-state index contributed by atoms with van der Waals surface area (Å²) in [6, 6.07) is 5.95. The van der Waals surface area contributed by atoms with Crippen LogP contribution >= 0.6 is 7.60 Å². The second-order valence-corrected chi connectivity index (χ2v) is 5.98. The normalized spacial score (nSPS) is 16.7. The first-order valence-corrected chi connectivity index (χ1v) is 7.56. The zero-order valence-electron chi connectivity index (χ0n) is 9.95. The predicted octanol–water partition coefficient (Wildman–Crippen LogP) is 1.12. The van der Waals surface area contributed by atoms with E-state index >= 15 is 0 Å². The number of carbonyl (C=O) groups excluding carboxylic acids is 1. The fourth-order valence-electron chi connectivity index (χ4n) is 2.18. The molecule has 0 atom stereocenters. The Morgan fingerprint density at radius 3 is 2.33 bits per heavy atom. The van der Waals surface area contributed by atoms with Gasteiger partial charge in [-0.15, -0.1) is 0 Å². The summed E-state index contributed by atoms with van der Waals surface area (Å²) in [5, 5.41) is -0.180. The third-order valence-corrected chi connectivity index (χ3v) is 4.11. The van der Waals surface area contributed by atoms with Crippen LogP contribution in [0.2, 0.25) is 0 Å². The number of hydrogen-bond donors (Lipinski definition) is 2. The van der Waals surface area contributed by atoms with Crippen molar-refractivity contribution < 1.29 is 19.1 Å². The van der Waals surface area contributed by atoms with Crippen molar-refractivity contribution in [2.45, 2.75) is 19.3 Å². The Bertz CT molecular complexity index is 491. The Balaban J connectivity index is 2.33. The van der Waals surface area contributed by atoms with Gasteiger partial charge in [-0.25, -0.2) is 0 Å². The Kier molecular flexibility index (Phi) is 3.85. The van der Waals surface area contributed by atoms with Crippen molar-refractivity contribution >= 4 is 18.8 Å². The van der Waals surface area contributed by atoms with E-state index < -0.39 is 7.60 Å². The summed E-state index contributed by atoms with van der Waals surface area (Å²) in [6.07, 6.45) is 3.00. The molecule has 1 amide bonds. The van der Waals surface area contributed by atoms with E-state index in [0.717, 1.165) is 19.3 Å². The molecule has 18 heavy (non-hydrogen) atoms. The van der Waals surface area contributed by atoms with Crippen LogP contribution in [0.3, 0.4) is 0 Å². The maximum atomic E-state index is 12.2. The summed E-state index contributed by atoms with van der Waals surface area (Å²) in [5.74, 6) is -0.284. The quantitative estimate of drug-likeness (QED) is 0.788. The Hall–Kier alpha value is -1.16. The summed E-state index contributed by atoms with van der Waals surface area (Å²) in [5.41, 5.74) is 0.118. The SMILES string of the molecule is O=C(c1ccccc1P(=O)(O)O)N1CCCCC1. The average Bonchev–Trinajstić information content (AvgIpc) is 2.38. The van der Waals surface area contributed by atoms with Crippen LogP contribution in [-0.2, 0) is 4.57 Å². The number of hydrogen-bond acceptors (Lipinski definition) is 2. The number of carbonyl (C=O) groups is 1. The third-order valence-electron chi connectivity index (χ3n) is 3.09. The summed E-state index contributed by atoms with van der Waals surface area (Å²) in [7, 11) is -4.41. The highest BCUT2D eigenvalue weighted by Crippen LogP contribution is 2.34. The van der Waals surface area contributed by atoms with E-state index in [1.54, 1.807) is 11.0 Å². The molecule has 0 radical (unpaired) electrons. The van der Waals surface area contributed by atoms with Gasteiger partial charge in [-0.05, 0) is 31.4 Å². The highest BCUT2D eigenvalue weighted by molar-refractivity contribution is 7.60. The van der Waals surface area contributed by atoms with Crippen molar-refractivity contribution in [2.75, 3.05) is 13.1 Å². The monoisotopic (exact) mass is 269 g/mol. The van der Waals surface area contributed by atoms with Crippen molar-refractivity contribution in [3.63, 3.8) is 0 Å². The minimum atomic E-state index is -4.41. The molecular weight excluding hydrogens is 253 g/mol. The van der Waals surface area contributed by atoms with E-state index in [1.807, 2.05) is 0 Å². The molecule has 5 nitrogen and oxygen atoms in total. The van der Waals surface area contributed by atoms with Crippen molar-refractivity contribution in [3.8, 4) is 0 Å². The lowest BCUT2D eigenvalue weighted by Gasteiger charge is -2.27. The van der Waals surface area contributed by atoms with Gasteiger partial charge in [0.25, 0.3) is 5.91 Å². The van der Waals surface area contributed by atoms with Crippen LogP contribution in [-0.4, -0.2) is 33.7 Å². The van der Waals surface area contributed by atoms with Crippen LogP contribution in [0.25, 0.3) is 0 Å². The van der Waals surface area contributed by atoms with E-state index in [4.69, 9.17) is 0 Å². The first-order chi connectivity index (χ1) is 8.50. The molecule has 0 aliphatic carbocycles. The molecule has 0 unspecified atom stereocenters. The largest absolute Gasteiger partial charge is 0.357 e. The molecule has 0 saturated carbocycles. The van der Waals surface area contributed by atoms with Gasteiger partial charge in [0.1, 0.15) is 0 Å². The molecule has 6 heteroatoms. The zero-order chi connectivity index (χ0) is 13.2. The van der Waals surface area contributed by atoms with E-state index in [9.17, 15) is 19.1 Å². The number of benzene rings is 1. The number of piperidine rings is 1. The maximum absolute atomic E-state index is 12.2. The molecule has 1 aromatic carbocycles. The predicted molar refractivity (Wildman–Crippen MR) is 67.9 cm³/mol. The molecule has 1 aromatic rings. The van der Waals surface area contributed by atoms with Gasteiger partial charge in [0, 0.05) is 13.1 Å². The fraction of sp³-hybridized carbons (Fsp3) is 0.417. The first kappa shape index (κ1) is 13.3. The van der Waals surface area contributed by atoms with Crippen LogP contribution in [0.1, 0.15) is 29.6 Å². The van der Waals surface area contributed by atoms with Crippen molar-refractivity contribution in [3.05, 3.63) is 29.8 Å². The van der Waals surface area contributed by atoms with Crippen LogP contribution in [0, 0.1) is 0 Å². The van der Waals surface area contributed by atoms with E-state index in [-0.39, 0.29) is 16.8 Å². The summed E-state index contributed by atoms with van der Waals surface area (Å²) >= 11 is 0. The molecule has 1 saturated heterocycles. The minimum Gasteiger partial charge on any atom is -0.339 e. The standard InChI is InChI=1S/C12H16NO4P/c14-12(13-8-4-1-5-9-13)10-6-2-3-7-11(10)18(15,16)17/h2-3,6-7H,1,4-5,8-9H2,(H2,15,16,17). The number of rotatable bonds is 2. The number of amides is 1. The van der Waals surface area contributed by atoms with Gasteiger partial charge >= 0.3 is 7.60 Å². The van der Waals surface area contributed by atoms with Gasteiger partial charge in [-0.1, -0.05) is 12.1 Å². The Morgan fingerprint density at radius 1 is 1.11 bits per heavy atom. The van der Waals surface area contributed by atoms with Crippen molar-refractivity contribution in [1.29, 1.82) is 0 Å². The van der Waals surface area contributed by atoms with Gasteiger partial charge in [0.05, 0.1) is 10.9 Å². The van der Waals surface area contributed by atoms with E-state index in [1.165, 1.54) is 18.2 Å². The fourth-order valence-corrected chi connectivity index (χ4v) is 2.94. The summed E-state index contributed by atoms with van der Waals surface area (Å²) in [6.45, 7) is 1.32. The highest BCUT2D eigenvalue weighted by Gasteiger charge is 2.27. The lowest BCUT2D eigenvalue weighted by atomic mass is 10.1. The molecule has 2 N–H and O–H groups in total. The highest BCUT2D eigenvalue weighted by atomic mass is 31.2. The minimum absolute atomic E-state index is 0.118. The topological polar surface area (TPSA) is 77.8 Å². The van der Waals surface area contributed by atoms with Gasteiger partial charge in [-0.2, -0.15) is 0 Å². The van der Waals surface area contributed by atoms with Crippen molar-refractivity contribution in [2.24, 2.45) is 0 Å². The molecular formula is C12H16NO4P. The van der Waals surface area contributed by atoms with Gasteiger partial charge in [-0.3, -0.25) is 9.36 Å². The molecule has 1 aliphatic rings. The summed E-state index contributed by atoms with van der Waals surface area (Å²) in [4.78, 5) is 32.4. The second kappa shape index (κ2) is 5.22. The van der Waals surface area contributed by atoms with E-state index in [0.29, 0.717) is 13.1 Å². The molecule has 0 bridgehead atoms. The van der Waals surface area contributed by atoms with Gasteiger partial charge < -0.3 is 14.7 Å². The molecule has 0 aromatic heterocycles. The van der Waals surface area contributed by atoms with Crippen LogP contribution in [0.4, 0.5) is 0 Å². The molecule has 1 aliphatic heterocycles. The van der Waals surface area contributed by atoms with Crippen LogP contribution in [0.15, 0.2) is 24.3 Å². The molecule has 0 spiro atoms. The Morgan fingerprint density at radius 2 is 1.72 bits per heavy atom. The van der Waals surface area contributed by atoms with Gasteiger partial charge in [0.15, 0.2) is 0 Å². The molecule has 2 rings (SSSR count). The first-order valence-electron chi connectivity index (χ1n) is 5.94. The zero-order valence-corrected chi connectivity index (χ0v) is 10.8. The summed E-state index contributed by atoms with van der Waals surface area (Å²) < 4.78 is 11.4. The second-order valence-electron chi connectivity index (χ2n) is 4.41. The number of nitrogens with zero attached hydrogens (tertiary/aromatic N) is 1. The smallest absolute Gasteiger partial charge is 0.339 e. The molecule has 98 valence electrons.